The second kappa shape index (κ2) is 5.57. The second-order valence-electron chi connectivity index (χ2n) is 6.00. The molecule has 2 heterocycles. The van der Waals surface area contributed by atoms with Crippen LogP contribution in [0.15, 0.2) is 0 Å². The maximum atomic E-state index is 11.9. The summed E-state index contributed by atoms with van der Waals surface area (Å²) in [5.74, 6) is 0.157. The van der Waals surface area contributed by atoms with Crippen molar-refractivity contribution in [3.8, 4) is 0 Å². The molecule has 0 spiro atoms. The van der Waals surface area contributed by atoms with Crippen molar-refractivity contribution in [2.45, 2.75) is 75.7 Å². The lowest BCUT2D eigenvalue weighted by Gasteiger charge is -2.24. The first kappa shape index (κ1) is 12.4. The average molecular weight is 252 g/mol. The van der Waals surface area contributed by atoms with Crippen LogP contribution in [0.3, 0.4) is 0 Å². The van der Waals surface area contributed by atoms with E-state index in [0.29, 0.717) is 30.8 Å². The van der Waals surface area contributed by atoms with Gasteiger partial charge in [0.1, 0.15) is 0 Å². The zero-order chi connectivity index (χ0) is 12.4. The first-order valence-electron chi connectivity index (χ1n) is 7.49. The lowest BCUT2D eigenvalue weighted by Crippen LogP contribution is -2.46. The fourth-order valence-electron chi connectivity index (χ4n) is 3.60. The highest BCUT2D eigenvalue weighted by Gasteiger charge is 2.40. The molecule has 3 unspecified atom stereocenters. The highest BCUT2D eigenvalue weighted by molar-refractivity contribution is 5.78. The van der Waals surface area contributed by atoms with Crippen LogP contribution in [0.1, 0.15) is 51.4 Å². The monoisotopic (exact) mass is 252 g/mol. The molecular formula is C14H24N2O2. The van der Waals surface area contributed by atoms with E-state index < -0.39 is 0 Å². The second-order valence-corrected chi connectivity index (χ2v) is 6.00. The molecule has 0 aromatic heterocycles. The van der Waals surface area contributed by atoms with Gasteiger partial charge in [0.15, 0.2) is 0 Å². The number of carbonyl (C=O) groups is 1. The molecule has 0 aromatic carbocycles. The Morgan fingerprint density at radius 2 is 1.94 bits per heavy atom. The maximum Gasteiger partial charge on any atom is 0.234 e. The summed E-state index contributed by atoms with van der Waals surface area (Å²) < 4.78 is 5.77. The first-order valence-corrected chi connectivity index (χ1v) is 7.49. The summed E-state index contributed by atoms with van der Waals surface area (Å²) in [6.45, 7) is 0.452. The average Bonchev–Trinajstić information content (AvgIpc) is 3.00. The van der Waals surface area contributed by atoms with Gasteiger partial charge in [-0.05, 0) is 32.1 Å². The van der Waals surface area contributed by atoms with Crippen molar-refractivity contribution < 1.29 is 9.53 Å². The molecule has 2 N–H and O–H groups in total. The lowest BCUT2D eigenvalue weighted by molar-refractivity contribution is -0.121. The lowest BCUT2D eigenvalue weighted by atomic mass is 9.95. The summed E-state index contributed by atoms with van der Waals surface area (Å²) >= 11 is 0. The third-order valence-electron chi connectivity index (χ3n) is 4.60. The number of hydrogen-bond acceptors (Lipinski definition) is 3. The molecule has 0 radical (unpaired) electrons. The van der Waals surface area contributed by atoms with Gasteiger partial charge >= 0.3 is 0 Å². The van der Waals surface area contributed by atoms with Gasteiger partial charge in [-0.1, -0.05) is 19.3 Å². The van der Waals surface area contributed by atoms with E-state index >= 15 is 0 Å². The van der Waals surface area contributed by atoms with Crippen molar-refractivity contribution in [3.05, 3.63) is 0 Å². The predicted octanol–water partition coefficient (Wildman–Crippen LogP) is 1.34. The van der Waals surface area contributed by atoms with E-state index in [0.717, 1.165) is 25.7 Å². The topological polar surface area (TPSA) is 50.4 Å². The Bertz CT molecular complexity index is 302. The van der Waals surface area contributed by atoms with E-state index in [-0.39, 0.29) is 5.91 Å². The Morgan fingerprint density at radius 1 is 1.11 bits per heavy atom. The quantitative estimate of drug-likeness (QED) is 0.794. The Kier molecular flexibility index (Phi) is 3.85. The Morgan fingerprint density at radius 3 is 2.61 bits per heavy atom. The van der Waals surface area contributed by atoms with Crippen molar-refractivity contribution in [2.24, 2.45) is 0 Å². The summed E-state index contributed by atoms with van der Waals surface area (Å²) in [7, 11) is 0. The van der Waals surface area contributed by atoms with Gasteiger partial charge in [-0.15, -0.1) is 0 Å². The number of nitrogens with one attached hydrogen (secondary N) is 2. The van der Waals surface area contributed by atoms with Gasteiger partial charge in [0.2, 0.25) is 5.91 Å². The minimum atomic E-state index is 0.157. The molecule has 4 heteroatoms. The van der Waals surface area contributed by atoms with Crippen LogP contribution in [0.2, 0.25) is 0 Å². The fourth-order valence-corrected chi connectivity index (χ4v) is 3.60. The van der Waals surface area contributed by atoms with E-state index in [1.807, 2.05) is 0 Å². The molecule has 3 aliphatic rings. The Balaban J connectivity index is 1.36. The number of carbonyl (C=O) groups excluding carboxylic acids is 1. The smallest absolute Gasteiger partial charge is 0.234 e. The van der Waals surface area contributed by atoms with Gasteiger partial charge in [-0.3, -0.25) is 4.79 Å². The van der Waals surface area contributed by atoms with Gasteiger partial charge in [0.05, 0.1) is 18.8 Å². The fraction of sp³-hybridized carbons (Fsp3) is 0.929. The van der Waals surface area contributed by atoms with Crippen molar-refractivity contribution in [3.63, 3.8) is 0 Å². The van der Waals surface area contributed by atoms with Gasteiger partial charge in [-0.25, -0.2) is 0 Å². The van der Waals surface area contributed by atoms with Crippen LogP contribution in [0.25, 0.3) is 0 Å². The molecule has 3 atom stereocenters. The molecule has 2 aliphatic heterocycles. The first-order chi connectivity index (χ1) is 8.81. The van der Waals surface area contributed by atoms with Crippen molar-refractivity contribution in [1.29, 1.82) is 0 Å². The van der Waals surface area contributed by atoms with Crippen molar-refractivity contribution >= 4 is 5.91 Å². The normalized spacial score (nSPS) is 35.9. The van der Waals surface area contributed by atoms with Gasteiger partial charge in [-0.2, -0.15) is 0 Å². The molecule has 1 aliphatic carbocycles. The summed E-state index contributed by atoms with van der Waals surface area (Å²) in [5.41, 5.74) is 0. The molecular weight excluding hydrogens is 228 g/mol. The van der Waals surface area contributed by atoms with Gasteiger partial charge in [0, 0.05) is 12.1 Å². The minimum absolute atomic E-state index is 0.157. The van der Waals surface area contributed by atoms with Crippen LogP contribution >= 0.6 is 0 Å². The van der Waals surface area contributed by atoms with Crippen LogP contribution in [0.4, 0.5) is 0 Å². The zero-order valence-electron chi connectivity index (χ0n) is 11.0. The SMILES string of the molecule is O=C(CNC1CC2CCC1O2)NC1CCCCC1. The Hall–Kier alpha value is -0.610. The van der Waals surface area contributed by atoms with Crippen molar-refractivity contribution in [2.75, 3.05) is 6.54 Å². The largest absolute Gasteiger partial charge is 0.373 e. The molecule has 3 rings (SSSR count). The molecule has 18 heavy (non-hydrogen) atoms. The minimum Gasteiger partial charge on any atom is -0.373 e. The van der Waals surface area contributed by atoms with Crippen molar-refractivity contribution in [1.82, 2.24) is 10.6 Å². The molecule has 1 saturated carbocycles. The third-order valence-corrected chi connectivity index (χ3v) is 4.60. The summed E-state index contributed by atoms with van der Waals surface area (Å²) in [5, 5.41) is 6.51. The van der Waals surface area contributed by atoms with E-state index in [1.54, 1.807) is 0 Å². The summed E-state index contributed by atoms with van der Waals surface area (Å²) in [6.07, 6.45) is 10.4. The van der Waals surface area contributed by atoms with Crippen LogP contribution < -0.4 is 10.6 Å². The molecule has 3 fully saturated rings. The molecule has 102 valence electrons. The summed E-state index contributed by atoms with van der Waals surface area (Å²) in [4.78, 5) is 11.9. The number of hydrogen-bond donors (Lipinski definition) is 2. The van der Waals surface area contributed by atoms with E-state index in [1.165, 1.54) is 25.7 Å². The van der Waals surface area contributed by atoms with E-state index in [2.05, 4.69) is 10.6 Å². The highest BCUT2D eigenvalue weighted by Crippen LogP contribution is 2.34. The van der Waals surface area contributed by atoms with Crippen LogP contribution in [-0.4, -0.2) is 36.7 Å². The predicted molar refractivity (Wildman–Crippen MR) is 69.3 cm³/mol. The third kappa shape index (κ3) is 2.86. The highest BCUT2D eigenvalue weighted by atomic mass is 16.5. The maximum absolute atomic E-state index is 11.9. The number of fused-ring (bicyclic) bond motifs is 2. The van der Waals surface area contributed by atoms with E-state index in [4.69, 9.17) is 4.74 Å². The Labute approximate surface area is 109 Å². The van der Waals surface area contributed by atoms with Crippen LogP contribution in [0.5, 0.6) is 0 Å². The molecule has 2 bridgehead atoms. The molecule has 1 amide bonds. The number of amides is 1. The van der Waals surface area contributed by atoms with Crippen LogP contribution in [-0.2, 0) is 9.53 Å². The van der Waals surface area contributed by atoms with Crippen LogP contribution in [0, 0.1) is 0 Å². The summed E-state index contributed by atoms with van der Waals surface area (Å²) in [6, 6.07) is 0.824. The standard InChI is InChI=1S/C14H24N2O2/c17-14(16-10-4-2-1-3-5-10)9-15-12-8-11-6-7-13(12)18-11/h10-13,15H,1-9H2,(H,16,17). The number of rotatable bonds is 4. The van der Waals surface area contributed by atoms with E-state index in [9.17, 15) is 4.79 Å². The van der Waals surface area contributed by atoms with Gasteiger partial charge < -0.3 is 15.4 Å². The number of ether oxygens (including phenoxy) is 1. The van der Waals surface area contributed by atoms with Gasteiger partial charge in [0.25, 0.3) is 0 Å². The zero-order valence-corrected chi connectivity index (χ0v) is 11.0. The molecule has 0 aromatic rings. The molecule has 2 saturated heterocycles. The molecule has 4 nitrogen and oxygen atoms in total.